The first kappa shape index (κ1) is 40.3. The van der Waals surface area contributed by atoms with Gasteiger partial charge in [-0.1, -0.05) is 97.4 Å². The summed E-state index contributed by atoms with van der Waals surface area (Å²) in [7, 11) is -3.94. The minimum absolute atomic E-state index is 0.0657. The molecule has 6 nitrogen and oxygen atoms in total. The first-order valence-electron chi connectivity index (χ1n) is 18.7. The molecule has 3 aliphatic rings. The van der Waals surface area contributed by atoms with Crippen molar-refractivity contribution in [1.82, 2.24) is 0 Å². The molecule has 1 saturated heterocycles. The molecule has 1 aliphatic heterocycles. The summed E-state index contributed by atoms with van der Waals surface area (Å²) in [5, 5.41) is 0.728. The standard InChI is InChI=1S/C40H65ClO6Si2/c1-13-34(44-35-17-15-14-16-33(35)41)38(42)45-36-26-31(47-49(11,12)40(6,7)8)24-28-19-18-27(2)32(37(28)36)21-20-29-25-30(22-23-43-29)46-48(9,10)39(3,4)5/h14-19,24,27,29-32,34,36-37H,13,20-23,25-26H2,1-12H3/t27-,29+,30+,31+,32-,34?,36-,37-/m0/s1. The summed E-state index contributed by atoms with van der Waals surface area (Å²) >= 11 is 6.40. The lowest BCUT2D eigenvalue weighted by Gasteiger charge is -2.46. The van der Waals surface area contributed by atoms with Gasteiger partial charge in [0, 0.05) is 25.0 Å². The van der Waals surface area contributed by atoms with Crippen LogP contribution in [0.25, 0.3) is 0 Å². The average Bonchev–Trinajstić information content (AvgIpc) is 2.99. The summed E-state index contributed by atoms with van der Waals surface area (Å²) in [4.78, 5) is 13.9. The molecular formula is C40H65ClO6Si2. The van der Waals surface area contributed by atoms with E-state index in [1.165, 1.54) is 5.57 Å². The van der Waals surface area contributed by atoms with Crippen LogP contribution in [0.3, 0.4) is 0 Å². The highest BCUT2D eigenvalue weighted by Crippen LogP contribution is 2.47. The zero-order valence-electron chi connectivity index (χ0n) is 32.4. The molecule has 4 rings (SSSR count). The Bertz CT molecular complexity index is 1330. The first-order valence-corrected chi connectivity index (χ1v) is 24.9. The summed E-state index contributed by atoms with van der Waals surface area (Å²) in [5.74, 6) is 0.862. The molecule has 0 N–H and O–H groups in total. The number of fused-ring (bicyclic) bond motifs is 1. The quantitative estimate of drug-likeness (QED) is 0.157. The molecule has 0 saturated carbocycles. The van der Waals surface area contributed by atoms with Gasteiger partial charge in [-0.25, -0.2) is 4.79 Å². The fraction of sp³-hybridized carbons (Fsp3) is 0.725. The lowest BCUT2D eigenvalue weighted by atomic mass is 9.66. The molecule has 0 aromatic heterocycles. The Morgan fingerprint density at radius 1 is 0.980 bits per heavy atom. The maximum Gasteiger partial charge on any atom is 0.347 e. The van der Waals surface area contributed by atoms with E-state index in [0.717, 1.165) is 32.3 Å². The smallest absolute Gasteiger partial charge is 0.347 e. The van der Waals surface area contributed by atoms with E-state index in [1.54, 1.807) is 12.1 Å². The summed E-state index contributed by atoms with van der Waals surface area (Å²) in [5.41, 5.74) is 1.22. The average molecular weight is 734 g/mol. The van der Waals surface area contributed by atoms with Crippen LogP contribution in [0.15, 0.2) is 48.1 Å². The molecule has 0 bridgehead atoms. The number of esters is 1. The summed E-state index contributed by atoms with van der Waals surface area (Å²) in [6.07, 6.45) is 11.1. The maximum absolute atomic E-state index is 13.9. The van der Waals surface area contributed by atoms with Gasteiger partial charge in [0.05, 0.1) is 17.2 Å². The molecule has 1 unspecified atom stereocenters. The monoisotopic (exact) mass is 732 g/mol. The fourth-order valence-corrected chi connectivity index (χ4v) is 9.81. The second kappa shape index (κ2) is 16.1. The number of hydrogen-bond acceptors (Lipinski definition) is 6. The Hall–Kier alpha value is -1.43. The van der Waals surface area contributed by atoms with Crippen molar-refractivity contribution in [2.24, 2.45) is 17.8 Å². The molecule has 8 atom stereocenters. The van der Waals surface area contributed by atoms with Gasteiger partial charge in [-0.05, 0) is 97.9 Å². The van der Waals surface area contributed by atoms with E-state index >= 15 is 0 Å². The van der Waals surface area contributed by atoms with Crippen LogP contribution in [0.5, 0.6) is 5.75 Å². The van der Waals surface area contributed by atoms with Gasteiger partial charge >= 0.3 is 5.97 Å². The molecule has 1 fully saturated rings. The van der Waals surface area contributed by atoms with Gasteiger partial charge in [0.1, 0.15) is 11.9 Å². The SMILES string of the molecule is CCC(Oc1ccccc1Cl)C(=O)O[C@H]1C[C@H](O[Si](C)(C)C(C)(C)C)C=C2C=C[C@H](C)[C@H](CC[C@@H]3C[C@H](O[Si](C)(C)C(C)(C)C)CCO3)[C@H]21. The molecule has 0 radical (unpaired) electrons. The Kier molecular flexibility index (Phi) is 13.2. The molecular weight excluding hydrogens is 668 g/mol. The third-order valence-corrected chi connectivity index (χ3v) is 21.4. The second-order valence-corrected chi connectivity index (χ2v) is 27.7. The maximum atomic E-state index is 13.9. The van der Waals surface area contributed by atoms with Gasteiger partial charge in [-0.2, -0.15) is 0 Å². The molecule has 2 aliphatic carbocycles. The van der Waals surface area contributed by atoms with Crippen LogP contribution >= 0.6 is 11.6 Å². The van der Waals surface area contributed by atoms with Crippen molar-refractivity contribution in [2.45, 2.75) is 161 Å². The molecule has 49 heavy (non-hydrogen) atoms. The highest BCUT2D eigenvalue weighted by atomic mass is 35.5. The molecule has 1 aromatic carbocycles. The van der Waals surface area contributed by atoms with Gasteiger partial charge < -0.3 is 23.1 Å². The number of benzene rings is 1. The molecule has 9 heteroatoms. The third kappa shape index (κ3) is 10.1. The lowest BCUT2D eigenvalue weighted by molar-refractivity contribution is -0.163. The zero-order valence-corrected chi connectivity index (χ0v) is 35.2. The molecule has 0 spiro atoms. The van der Waals surface area contributed by atoms with Crippen molar-refractivity contribution < 1.29 is 27.9 Å². The Morgan fingerprint density at radius 2 is 1.63 bits per heavy atom. The summed E-state index contributed by atoms with van der Waals surface area (Å²) in [6.45, 7) is 28.0. The Balaban J connectivity index is 1.55. The van der Waals surface area contributed by atoms with Crippen LogP contribution in [0.4, 0.5) is 0 Å². The number of ether oxygens (including phenoxy) is 3. The van der Waals surface area contributed by atoms with Gasteiger partial charge in [0.15, 0.2) is 22.7 Å². The van der Waals surface area contributed by atoms with E-state index < -0.39 is 22.7 Å². The molecule has 0 amide bonds. The predicted molar refractivity (Wildman–Crippen MR) is 206 cm³/mol. The Labute approximate surface area is 304 Å². The minimum Gasteiger partial charge on any atom is -0.477 e. The van der Waals surface area contributed by atoms with Crippen LogP contribution in [-0.2, 0) is 23.1 Å². The third-order valence-electron chi connectivity index (χ3n) is 12.0. The van der Waals surface area contributed by atoms with E-state index in [2.05, 4.69) is 92.9 Å². The highest BCUT2D eigenvalue weighted by Gasteiger charge is 2.46. The van der Waals surface area contributed by atoms with Gasteiger partial charge in [0.2, 0.25) is 0 Å². The normalized spacial score (nSPS) is 28.8. The van der Waals surface area contributed by atoms with E-state index in [1.807, 2.05) is 19.1 Å². The van der Waals surface area contributed by atoms with Crippen molar-refractivity contribution in [3.63, 3.8) is 0 Å². The van der Waals surface area contributed by atoms with Crippen molar-refractivity contribution >= 4 is 34.2 Å². The van der Waals surface area contributed by atoms with E-state index in [4.69, 9.17) is 34.7 Å². The number of carbonyl (C=O) groups excluding carboxylic acids is 1. The first-order chi connectivity index (χ1) is 22.7. The number of allylic oxidation sites excluding steroid dienone is 2. The summed E-state index contributed by atoms with van der Waals surface area (Å²) in [6, 6.07) is 7.28. The second-order valence-electron chi connectivity index (χ2n) is 17.7. The Morgan fingerprint density at radius 3 is 2.27 bits per heavy atom. The van der Waals surface area contributed by atoms with Crippen LogP contribution in [-0.4, -0.2) is 59.7 Å². The lowest BCUT2D eigenvalue weighted by Crippen LogP contribution is -2.49. The van der Waals surface area contributed by atoms with E-state index in [0.29, 0.717) is 35.4 Å². The molecule has 276 valence electrons. The number of carbonyl (C=O) groups is 1. The van der Waals surface area contributed by atoms with Gasteiger partial charge in [-0.3, -0.25) is 0 Å². The van der Waals surface area contributed by atoms with Crippen LogP contribution in [0, 0.1) is 17.8 Å². The van der Waals surface area contributed by atoms with Crippen LogP contribution < -0.4 is 4.74 Å². The highest BCUT2D eigenvalue weighted by molar-refractivity contribution is 6.74. The van der Waals surface area contributed by atoms with Crippen molar-refractivity contribution in [3.8, 4) is 5.75 Å². The van der Waals surface area contributed by atoms with E-state index in [-0.39, 0.29) is 46.4 Å². The number of rotatable bonds is 12. The van der Waals surface area contributed by atoms with E-state index in [9.17, 15) is 4.79 Å². The van der Waals surface area contributed by atoms with Crippen molar-refractivity contribution in [2.75, 3.05) is 6.61 Å². The predicted octanol–water partition coefficient (Wildman–Crippen LogP) is 10.9. The molecule has 1 heterocycles. The fourth-order valence-electron chi connectivity index (χ4n) is 6.95. The van der Waals surface area contributed by atoms with Crippen molar-refractivity contribution in [3.05, 3.63) is 53.1 Å². The number of para-hydroxylation sites is 1. The number of halogens is 1. The van der Waals surface area contributed by atoms with Crippen LogP contribution in [0.2, 0.25) is 41.3 Å². The van der Waals surface area contributed by atoms with Crippen LogP contribution in [0.1, 0.15) is 93.9 Å². The zero-order chi connectivity index (χ0) is 36.4. The molecule has 1 aromatic rings. The van der Waals surface area contributed by atoms with Gasteiger partial charge in [0.25, 0.3) is 0 Å². The number of hydrogen-bond donors (Lipinski definition) is 0. The minimum atomic E-state index is -2.08. The largest absolute Gasteiger partial charge is 0.477 e. The summed E-state index contributed by atoms with van der Waals surface area (Å²) < 4.78 is 32.8. The van der Waals surface area contributed by atoms with Gasteiger partial charge in [-0.15, -0.1) is 0 Å². The van der Waals surface area contributed by atoms with Crippen molar-refractivity contribution in [1.29, 1.82) is 0 Å². The topological polar surface area (TPSA) is 63.2 Å².